The van der Waals surface area contributed by atoms with Gasteiger partial charge in [0.15, 0.2) is 0 Å². The Kier molecular flexibility index (Phi) is 3.95. The van der Waals surface area contributed by atoms with Crippen molar-refractivity contribution in [1.29, 1.82) is 0 Å². The lowest BCUT2D eigenvalue weighted by Gasteiger charge is -2.25. The fourth-order valence-corrected chi connectivity index (χ4v) is 3.28. The van der Waals surface area contributed by atoms with Crippen LogP contribution in [0, 0.1) is 0 Å². The summed E-state index contributed by atoms with van der Waals surface area (Å²) in [5.41, 5.74) is 3.51. The Morgan fingerprint density at radius 1 is 1.19 bits per heavy atom. The van der Waals surface area contributed by atoms with Crippen molar-refractivity contribution >= 4 is 34.5 Å². The van der Waals surface area contributed by atoms with Gasteiger partial charge in [0.1, 0.15) is 6.04 Å². The average molecular weight is 348 g/mol. The number of para-hydroxylation sites is 2. The van der Waals surface area contributed by atoms with Gasteiger partial charge < -0.3 is 5.32 Å². The van der Waals surface area contributed by atoms with Crippen LogP contribution in [-0.2, 0) is 9.59 Å². The predicted octanol–water partition coefficient (Wildman–Crippen LogP) is 3.68. The number of nitrogens with zero attached hydrogens (tertiary/aromatic N) is 2. The molecule has 2 heterocycles. The molecular weight excluding hydrogens is 328 g/mol. The number of hydrogen-bond donors (Lipinski definition) is 2. The van der Waals surface area contributed by atoms with Gasteiger partial charge in [-0.15, -0.1) is 0 Å². The smallest absolute Gasteiger partial charge is 0.248 e. The van der Waals surface area contributed by atoms with Gasteiger partial charge in [0, 0.05) is 5.69 Å². The Hall–Kier alpha value is -3.15. The molecule has 0 aliphatic carbocycles. The lowest BCUT2D eigenvalue weighted by atomic mass is 10.0. The number of aromatic nitrogens is 2. The molecule has 2 N–H and O–H groups in total. The maximum atomic E-state index is 12.9. The summed E-state index contributed by atoms with van der Waals surface area (Å²) >= 11 is 0. The minimum Gasteiger partial charge on any atom is -0.324 e. The lowest BCUT2D eigenvalue weighted by Crippen LogP contribution is -2.35. The second-order valence-corrected chi connectivity index (χ2v) is 6.83. The third kappa shape index (κ3) is 2.83. The van der Waals surface area contributed by atoms with Crippen molar-refractivity contribution in [1.82, 2.24) is 9.55 Å². The summed E-state index contributed by atoms with van der Waals surface area (Å²) in [5.74, 6) is 0.420. The van der Waals surface area contributed by atoms with Crippen LogP contribution >= 0.6 is 0 Å². The Labute approximate surface area is 151 Å². The molecule has 132 valence electrons. The zero-order valence-corrected chi connectivity index (χ0v) is 14.7. The summed E-state index contributed by atoms with van der Waals surface area (Å²) < 4.78 is 1.80. The van der Waals surface area contributed by atoms with Crippen molar-refractivity contribution in [3.63, 3.8) is 0 Å². The fourth-order valence-electron chi connectivity index (χ4n) is 3.28. The zero-order chi connectivity index (χ0) is 18.3. The molecule has 0 unspecified atom stereocenters. The first-order valence-corrected chi connectivity index (χ1v) is 8.70. The van der Waals surface area contributed by atoms with Gasteiger partial charge in [-0.3, -0.25) is 19.5 Å². The highest BCUT2D eigenvalue weighted by atomic mass is 16.2. The Balaban J connectivity index is 1.65. The predicted molar refractivity (Wildman–Crippen MR) is 101 cm³/mol. The first kappa shape index (κ1) is 16.3. The van der Waals surface area contributed by atoms with Gasteiger partial charge in [0.2, 0.25) is 17.8 Å². The van der Waals surface area contributed by atoms with Crippen LogP contribution in [0.2, 0.25) is 0 Å². The molecule has 0 fully saturated rings. The van der Waals surface area contributed by atoms with Gasteiger partial charge >= 0.3 is 0 Å². The number of hydrogen-bond acceptors (Lipinski definition) is 3. The molecule has 26 heavy (non-hydrogen) atoms. The summed E-state index contributed by atoms with van der Waals surface area (Å²) in [5, 5.41) is 5.68. The first-order valence-electron chi connectivity index (χ1n) is 8.70. The Morgan fingerprint density at radius 2 is 1.92 bits per heavy atom. The summed E-state index contributed by atoms with van der Waals surface area (Å²) in [6, 6.07) is 14.7. The number of carbonyl (C=O) groups excluding carboxylic acids is 2. The van der Waals surface area contributed by atoms with Crippen molar-refractivity contribution in [3.05, 3.63) is 54.1 Å². The molecule has 6 heteroatoms. The average Bonchev–Trinajstić information content (AvgIpc) is 2.99. The van der Waals surface area contributed by atoms with E-state index in [2.05, 4.69) is 29.5 Å². The number of carbonyl (C=O) groups is 2. The normalized spacial score (nSPS) is 16.4. The van der Waals surface area contributed by atoms with Crippen LogP contribution in [0.3, 0.4) is 0 Å². The van der Waals surface area contributed by atoms with Gasteiger partial charge in [-0.25, -0.2) is 4.98 Å². The van der Waals surface area contributed by atoms with Crippen LogP contribution in [0.4, 0.5) is 11.6 Å². The largest absolute Gasteiger partial charge is 0.324 e. The van der Waals surface area contributed by atoms with Crippen LogP contribution in [0.5, 0.6) is 0 Å². The van der Waals surface area contributed by atoms with Gasteiger partial charge in [-0.1, -0.05) is 38.1 Å². The van der Waals surface area contributed by atoms with E-state index < -0.39 is 6.04 Å². The molecule has 1 atom stereocenters. The number of fused-ring (bicyclic) bond motifs is 3. The van der Waals surface area contributed by atoms with E-state index in [0.717, 1.165) is 16.7 Å². The molecule has 0 bridgehead atoms. The topological polar surface area (TPSA) is 76.0 Å². The van der Waals surface area contributed by atoms with Crippen molar-refractivity contribution in [2.45, 2.75) is 32.2 Å². The van der Waals surface area contributed by atoms with Crippen LogP contribution < -0.4 is 10.6 Å². The zero-order valence-electron chi connectivity index (χ0n) is 14.7. The molecule has 0 spiro atoms. The highest BCUT2D eigenvalue weighted by Crippen LogP contribution is 2.31. The van der Waals surface area contributed by atoms with E-state index in [1.807, 2.05) is 48.5 Å². The highest BCUT2D eigenvalue weighted by Gasteiger charge is 2.32. The van der Waals surface area contributed by atoms with Crippen LogP contribution in [0.25, 0.3) is 11.0 Å². The van der Waals surface area contributed by atoms with Crippen LogP contribution in [0.1, 0.15) is 37.8 Å². The summed E-state index contributed by atoms with van der Waals surface area (Å²) in [7, 11) is 0. The molecule has 3 aromatic rings. The quantitative estimate of drug-likeness (QED) is 0.758. The first-order chi connectivity index (χ1) is 12.5. The Morgan fingerprint density at radius 3 is 2.65 bits per heavy atom. The van der Waals surface area contributed by atoms with E-state index in [1.165, 1.54) is 5.56 Å². The monoisotopic (exact) mass is 348 g/mol. The summed E-state index contributed by atoms with van der Waals surface area (Å²) in [6.45, 7) is 4.25. The maximum absolute atomic E-state index is 12.9. The van der Waals surface area contributed by atoms with E-state index >= 15 is 0 Å². The molecule has 1 aliphatic rings. The summed E-state index contributed by atoms with van der Waals surface area (Å²) in [4.78, 5) is 29.4. The van der Waals surface area contributed by atoms with E-state index in [0.29, 0.717) is 11.9 Å². The SMILES string of the molecule is CC(C)c1ccc(NC(=O)[C@@H]2CC(=O)Nc3nc4ccccc4n32)cc1. The third-order valence-corrected chi connectivity index (χ3v) is 4.68. The number of imidazole rings is 1. The number of nitrogens with one attached hydrogen (secondary N) is 2. The minimum absolute atomic E-state index is 0.0866. The maximum Gasteiger partial charge on any atom is 0.248 e. The standard InChI is InChI=1S/C20H20N4O2/c1-12(2)13-7-9-14(10-8-13)21-19(26)17-11-18(25)23-20-22-15-5-3-4-6-16(15)24(17)20/h3-10,12,17H,11H2,1-2H3,(H,21,26)(H,22,23,25)/t17-/m0/s1. The van der Waals surface area contributed by atoms with Crippen molar-refractivity contribution in [2.75, 3.05) is 10.6 Å². The molecule has 1 aromatic heterocycles. The molecule has 0 saturated heterocycles. The second kappa shape index (κ2) is 6.29. The molecule has 6 nitrogen and oxygen atoms in total. The van der Waals surface area contributed by atoms with Crippen LogP contribution in [-0.4, -0.2) is 21.4 Å². The molecule has 2 amide bonds. The van der Waals surface area contributed by atoms with Crippen molar-refractivity contribution < 1.29 is 9.59 Å². The highest BCUT2D eigenvalue weighted by molar-refractivity contribution is 6.02. The van der Waals surface area contributed by atoms with E-state index in [9.17, 15) is 9.59 Å². The van der Waals surface area contributed by atoms with E-state index in [-0.39, 0.29) is 18.2 Å². The number of rotatable bonds is 3. The van der Waals surface area contributed by atoms with Gasteiger partial charge in [-0.05, 0) is 35.7 Å². The van der Waals surface area contributed by atoms with Gasteiger partial charge in [0.25, 0.3) is 0 Å². The number of benzene rings is 2. The minimum atomic E-state index is -0.629. The Bertz CT molecular complexity index is 989. The molecule has 4 rings (SSSR count). The third-order valence-electron chi connectivity index (χ3n) is 4.68. The van der Waals surface area contributed by atoms with Crippen LogP contribution in [0.15, 0.2) is 48.5 Å². The number of anilines is 2. The fraction of sp³-hybridized carbons (Fsp3) is 0.250. The van der Waals surface area contributed by atoms with Crippen molar-refractivity contribution in [2.24, 2.45) is 0 Å². The summed E-state index contributed by atoms with van der Waals surface area (Å²) in [6.07, 6.45) is 0.0866. The van der Waals surface area contributed by atoms with Crippen molar-refractivity contribution in [3.8, 4) is 0 Å². The van der Waals surface area contributed by atoms with E-state index in [4.69, 9.17) is 0 Å². The van der Waals surface area contributed by atoms with Gasteiger partial charge in [0.05, 0.1) is 17.5 Å². The molecular formula is C20H20N4O2. The van der Waals surface area contributed by atoms with E-state index in [1.54, 1.807) is 4.57 Å². The molecule has 0 saturated carbocycles. The van der Waals surface area contributed by atoms with Gasteiger partial charge in [-0.2, -0.15) is 0 Å². The second-order valence-electron chi connectivity index (χ2n) is 6.83. The molecule has 2 aromatic carbocycles. The molecule has 1 aliphatic heterocycles. The lowest BCUT2D eigenvalue weighted by molar-refractivity contribution is -0.124. The molecule has 0 radical (unpaired) electrons. The number of amides is 2.